The van der Waals surface area contributed by atoms with Gasteiger partial charge in [-0.05, 0) is 31.9 Å². The normalized spacial score (nSPS) is 14.6. The first-order valence-electron chi connectivity index (χ1n) is 7.55. The molecule has 0 amide bonds. The molecule has 0 heterocycles. The van der Waals surface area contributed by atoms with Crippen LogP contribution in [0.4, 0.5) is 0 Å². The number of carbonyl (C=O) groups excluding carboxylic acids is 2. The van der Waals surface area contributed by atoms with Gasteiger partial charge in [-0.2, -0.15) is 0 Å². The first-order chi connectivity index (χ1) is 10.8. The third kappa shape index (κ3) is 3.93. The van der Waals surface area contributed by atoms with Crippen molar-refractivity contribution in [2.75, 3.05) is 12.4 Å². The number of halogens is 1. The van der Waals surface area contributed by atoms with E-state index in [0.717, 1.165) is 12.8 Å². The topological polar surface area (TPSA) is 77.5 Å². The molecule has 5 nitrogen and oxygen atoms in total. The van der Waals surface area contributed by atoms with Gasteiger partial charge in [-0.25, -0.2) is 8.42 Å². The number of rotatable bonds is 8. The van der Waals surface area contributed by atoms with Crippen molar-refractivity contribution in [2.45, 2.75) is 38.0 Å². The highest BCUT2D eigenvalue weighted by Gasteiger charge is 2.32. The Bertz CT molecular complexity index is 735. The fraction of sp³-hybridized carbons (Fsp3) is 0.500. The Morgan fingerprint density at radius 1 is 1.26 bits per heavy atom. The molecule has 2 rings (SSSR count). The molecule has 1 saturated carbocycles. The van der Waals surface area contributed by atoms with Gasteiger partial charge in [0.25, 0.3) is 0 Å². The number of hydrogen-bond acceptors (Lipinski definition) is 5. The highest BCUT2D eigenvalue weighted by atomic mass is 35.5. The zero-order chi connectivity index (χ0) is 17.2. The van der Waals surface area contributed by atoms with E-state index in [4.69, 9.17) is 16.3 Å². The summed E-state index contributed by atoms with van der Waals surface area (Å²) in [5, 5.41) is -0.0463. The van der Waals surface area contributed by atoms with E-state index < -0.39 is 15.6 Å². The van der Waals surface area contributed by atoms with Gasteiger partial charge < -0.3 is 4.74 Å². The predicted molar refractivity (Wildman–Crippen MR) is 87.0 cm³/mol. The molecular formula is C16H19ClO5S. The standard InChI is InChI=1S/C16H19ClO5S/c1-3-22-16-14(23(20,21)4-2)8-7-11(15(16)17)13(19)9-12(18)10-5-6-10/h7-8,10H,3-6,9H2,1-2H3. The minimum atomic E-state index is -3.53. The average molecular weight is 359 g/mol. The van der Waals surface area contributed by atoms with Crippen LogP contribution in [0.15, 0.2) is 17.0 Å². The zero-order valence-electron chi connectivity index (χ0n) is 13.1. The minimum Gasteiger partial charge on any atom is -0.491 e. The first kappa shape index (κ1) is 17.9. The maximum absolute atomic E-state index is 12.3. The van der Waals surface area contributed by atoms with Gasteiger partial charge in [0.05, 0.1) is 23.8 Å². The summed E-state index contributed by atoms with van der Waals surface area (Å²) in [5.41, 5.74) is 0.124. The summed E-state index contributed by atoms with van der Waals surface area (Å²) in [7, 11) is -3.53. The molecule has 126 valence electrons. The van der Waals surface area contributed by atoms with Crippen molar-refractivity contribution in [3.8, 4) is 5.75 Å². The van der Waals surface area contributed by atoms with Crippen LogP contribution in [-0.2, 0) is 14.6 Å². The van der Waals surface area contributed by atoms with Gasteiger partial charge in [0.1, 0.15) is 10.7 Å². The smallest absolute Gasteiger partial charge is 0.181 e. The summed E-state index contributed by atoms with van der Waals surface area (Å²) in [5.74, 6) is -0.621. The molecule has 0 bridgehead atoms. The van der Waals surface area contributed by atoms with Crippen LogP contribution in [0.3, 0.4) is 0 Å². The van der Waals surface area contributed by atoms with Gasteiger partial charge in [0, 0.05) is 11.5 Å². The number of benzene rings is 1. The van der Waals surface area contributed by atoms with E-state index >= 15 is 0 Å². The van der Waals surface area contributed by atoms with E-state index in [0.29, 0.717) is 0 Å². The van der Waals surface area contributed by atoms with Crippen LogP contribution in [0.2, 0.25) is 5.02 Å². The van der Waals surface area contributed by atoms with Crippen molar-refractivity contribution in [1.29, 1.82) is 0 Å². The largest absolute Gasteiger partial charge is 0.491 e. The molecule has 23 heavy (non-hydrogen) atoms. The number of sulfone groups is 1. The van der Waals surface area contributed by atoms with Gasteiger partial charge >= 0.3 is 0 Å². The monoisotopic (exact) mass is 358 g/mol. The van der Waals surface area contributed by atoms with Gasteiger partial charge in [0.15, 0.2) is 21.4 Å². The molecule has 0 N–H and O–H groups in total. The number of ketones is 2. The third-order valence-corrected chi connectivity index (χ3v) is 5.86. The second-order valence-electron chi connectivity index (χ2n) is 5.43. The Balaban J connectivity index is 2.40. The Hall–Kier alpha value is -1.40. The second-order valence-corrected chi connectivity index (χ2v) is 8.06. The molecule has 0 atom stereocenters. The lowest BCUT2D eigenvalue weighted by Gasteiger charge is -2.14. The minimum absolute atomic E-state index is 0.0103. The fourth-order valence-corrected chi connectivity index (χ4v) is 3.65. The lowest BCUT2D eigenvalue weighted by Crippen LogP contribution is -2.13. The Morgan fingerprint density at radius 2 is 1.91 bits per heavy atom. The molecule has 0 unspecified atom stereocenters. The SMILES string of the molecule is CCOc1c(S(=O)(=O)CC)ccc(C(=O)CC(=O)C2CC2)c1Cl. The maximum atomic E-state index is 12.3. The summed E-state index contributed by atoms with van der Waals surface area (Å²) >= 11 is 6.21. The molecular weight excluding hydrogens is 340 g/mol. The molecule has 0 aliphatic heterocycles. The molecule has 0 radical (unpaired) electrons. The summed E-state index contributed by atoms with van der Waals surface area (Å²) in [6, 6.07) is 2.68. The molecule has 1 aliphatic carbocycles. The lowest BCUT2D eigenvalue weighted by molar-refractivity contribution is -0.119. The van der Waals surface area contributed by atoms with Crippen molar-refractivity contribution in [2.24, 2.45) is 5.92 Å². The zero-order valence-corrected chi connectivity index (χ0v) is 14.7. The number of carbonyl (C=O) groups is 2. The second kappa shape index (κ2) is 7.01. The lowest BCUT2D eigenvalue weighted by atomic mass is 10.0. The average Bonchev–Trinajstić information content (AvgIpc) is 3.33. The van der Waals surface area contributed by atoms with Crippen LogP contribution in [0.5, 0.6) is 5.75 Å². The van der Waals surface area contributed by atoms with Crippen LogP contribution >= 0.6 is 11.6 Å². The van der Waals surface area contributed by atoms with Crippen molar-refractivity contribution < 1.29 is 22.7 Å². The van der Waals surface area contributed by atoms with E-state index in [-0.39, 0.29) is 51.7 Å². The van der Waals surface area contributed by atoms with Crippen LogP contribution < -0.4 is 4.74 Å². The molecule has 7 heteroatoms. The molecule has 0 spiro atoms. The van der Waals surface area contributed by atoms with Crippen molar-refractivity contribution in [1.82, 2.24) is 0 Å². The van der Waals surface area contributed by atoms with Crippen molar-refractivity contribution in [3.05, 3.63) is 22.7 Å². The van der Waals surface area contributed by atoms with Gasteiger partial charge in [0.2, 0.25) is 0 Å². The molecule has 0 saturated heterocycles. The molecule has 0 aromatic heterocycles. The third-order valence-electron chi connectivity index (χ3n) is 3.73. The molecule has 1 aliphatic rings. The van der Waals surface area contributed by atoms with Gasteiger partial charge in [-0.15, -0.1) is 0 Å². The van der Waals surface area contributed by atoms with Crippen molar-refractivity contribution >= 4 is 33.0 Å². The molecule has 1 aromatic rings. The highest BCUT2D eigenvalue weighted by Crippen LogP contribution is 2.37. The van der Waals surface area contributed by atoms with Crippen LogP contribution in [0, 0.1) is 5.92 Å². The van der Waals surface area contributed by atoms with Crippen LogP contribution in [0.25, 0.3) is 0 Å². The maximum Gasteiger partial charge on any atom is 0.181 e. The quantitative estimate of drug-likeness (QED) is 0.527. The van der Waals surface area contributed by atoms with Gasteiger partial charge in [-0.1, -0.05) is 18.5 Å². The predicted octanol–water partition coefficient (Wildman–Crippen LogP) is 3.08. The number of ether oxygens (including phenoxy) is 1. The van der Waals surface area contributed by atoms with E-state index in [1.54, 1.807) is 6.92 Å². The highest BCUT2D eigenvalue weighted by molar-refractivity contribution is 7.91. The Labute approximate surface area is 140 Å². The van der Waals surface area contributed by atoms with E-state index in [2.05, 4.69) is 0 Å². The van der Waals surface area contributed by atoms with Crippen LogP contribution in [0.1, 0.15) is 43.5 Å². The van der Waals surface area contributed by atoms with Crippen LogP contribution in [-0.4, -0.2) is 32.3 Å². The summed E-state index contributed by atoms with van der Waals surface area (Å²) in [6.45, 7) is 3.43. The van der Waals surface area contributed by atoms with E-state index in [1.165, 1.54) is 19.1 Å². The summed E-state index contributed by atoms with van der Waals surface area (Å²) in [4.78, 5) is 24.0. The summed E-state index contributed by atoms with van der Waals surface area (Å²) in [6.07, 6.45) is 1.45. The van der Waals surface area contributed by atoms with E-state index in [1.807, 2.05) is 0 Å². The van der Waals surface area contributed by atoms with Gasteiger partial charge in [-0.3, -0.25) is 9.59 Å². The molecule has 1 fully saturated rings. The van der Waals surface area contributed by atoms with Crippen molar-refractivity contribution in [3.63, 3.8) is 0 Å². The first-order valence-corrected chi connectivity index (χ1v) is 9.58. The Kier molecular flexibility index (Phi) is 5.47. The molecule has 1 aromatic carbocycles. The fourth-order valence-electron chi connectivity index (χ4n) is 2.24. The number of Topliss-reactive ketones (excluding diaryl/α,β-unsaturated/α-hetero) is 2. The Morgan fingerprint density at radius 3 is 2.43 bits per heavy atom. The summed E-state index contributed by atoms with van der Waals surface area (Å²) < 4.78 is 29.6. The van der Waals surface area contributed by atoms with E-state index in [9.17, 15) is 18.0 Å². The number of hydrogen-bond donors (Lipinski definition) is 0.